The van der Waals surface area contributed by atoms with E-state index in [-0.39, 0.29) is 0 Å². The smallest absolute Gasteiger partial charge is 0.123 e. The van der Waals surface area contributed by atoms with Crippen molar-refractivity contribution in [2.24, 2.45) is 0 Å². The molecule has 1 aromatic carbocycles. The largest absolute Gasteiger partial charge is 0.494 e. The average Bonchev–Trinajstić information content (AvgIpc) is 3.13. The van der Waals surface area contributed by atoms with Crippen LogP contribution in [0.3, 0.4) is 0 Å². The van der Waals surface area contributed by atoms with Gasteiger partial charge < -0.3 is 10.5 Å². The molecule has 3 nitrogen and oxygen atoms in total. The van der Waals surface area contributed by atoms with Crippen molar-refractivity contribution in [3.8, 4) is 5.75 Å². The van der Waals surface area contributed by atoms with Gasteiger partial charge in [0.25, 0.3) is 0 Å². The van der Waals surface area contributed by atoms with E-state index in [0.29, 0.717) is 6.61 Å². The molecule has 1 aliphatic carbocycles. The Hall–Kier alpha value is -1.22. The van der Waals surface area contributed by atoms with E-state index in [4.69, 9.17) is 10.5 Å². The molecule has 2 N–H and O–H groups in total. The molecule has 1 fully saturated rings. The van der Waals surface area contributed by atoms with Gasteiger partial charge in [-0.25, -0.2) is 0 Å². The van der Waals surface area contributed by atoms with Gasteiger partial charge in [-0.05, 0) is 44.5 Å². The molecule has 0 heterocycles. The highest BCUT2D eigenvalue weighted by Gasteiger charge is 2.28. The van der Waals surface area contributed by atoms with Crippen molar-refractivity contribution in [2.45, 2.75) is 39.3 Å². The quantitative estimate of drug-likeness (QED) is 0.769. The van der Waals surface area contributed by atoms with Crippen LogP contribution in [0.25, 0.3) is 0 Å². The fourth-order valence-corrected chi connectivity index (χ4v) is 2.18. The van der Waals surface area contributed by atoms with Crippen molar-refractivity contribution in [3.05, 3.63) is 23.8 Å². The van der Waals surface area contributed by atoms with Gasteiger partial charge in [0, 0.05) is 23.8 Å². The normalized spacial score (nSPS) is 15.2. The van der Waals surface area contributed by atoms with E-state index < -0.39 is 0 Å². The molecule has 1 saturated carbocycles. The van der Waals surface area contributed by atoms with E-state index in [2.05, 4.69) is 11.8 Å². The standard InChI is InChI=1S/C14H22N2O/c1-3-16(13-6-7-13)10-11-9-12(15)5-8-14(11)17-4-2/h5,8-9,13H,3-4,6-7,10,15H2,1-2H3. The molecule has 0 atom stereocenters. The number of hydrogen-bond donors (Lipinski definition) is 1. The van der Waals surface area contributed by atoms with Gasteiger partial charge in [0.15, 0.2) is 0 Å². The third-order valence-corrected chi connectivity index (χ3v) is 3.23. The molecule has 0 saturated heterocycles. The highest BCUT2D eigenvalue weighted by atomic mass is 16.5. The lowest BCUT2D eigenvalue weighted by molar-refractivity contribution is 0.260. The molecule has 0 bridgehead atoms. The number of nitrogen functional groups attached to an aromatic ring is 1. The van der Waals surface area contributed by atoms with E-state index in [1.165, 1.54) is 18.4 Å². The maximum atomic E-state index is 5.86. The Labute approximate surface area is 104 Å². The molecule has 1 aliphatic rings. The lowest BCUT2D eigenvalue weighted by Crippen LogP contribution is -2.25. The number of rotatable bonds is 6. The summed E-state index contributed by atoms with van der Waals surface area (Å²) >= 11 is 0. The lowest BCUT2D eigenvalue weighted by Gasteiger charge is -2.21. The highest BCUT2D eigenvalue weighted by Crippen LogP contribution is 2.30. The van der Waals surface area contributed by atoms with E-state index in [1.807, 2.05) is 25.1 Å². The summed E-state index contributed by atoms with van der Waals surface area (Å²) in [6.45, 7) is 6.96. The zero-order valence-electron chi connectivity index (χ0n) is 10.8. The van der Waals surface area contributed by atoms with Crippen molar-refractivity contribution in [1.82, 2.24) is 4.90 Å². The molecular weight excluding hydrogens is 212 g/mol. The maximum absolute atomic E-state index is 5.86. The van der Waals surface area contributed by atoms with Crippen LogP contribution in [0.15, 0.2) is 18.2 Å². The van der Waals surface area contributed by atoms with Crippen LogP contribution in [0.1, 0.15) is 32.3 Å². The van der Waals surface area contributed by atoms with Crippen LogP contribution in [0.5, 0.6) is 5.75 Å². The first-order valence-electron chi connectivity index (χ1n) is 6.49. The fraction of sp³-hybridized carbons (Fsp3) is 0.571. The second-order valence-electron chi connectivity index (χ2n) is 4.59. The molecule has 0 aromatic heterocycles. The SMILES string of the molecule is CCOc1ccc(N)cc1CN(CC)C1CC1. The third-order valence-electron chi connectivity index (χ3n) is 3.23. The van der Waals surface area contributed by atoms with Crippen LogP contribution in [-0.2, 0) is 6.54 Å². The molecule has 2 rings (SSSR count). The molecule has 17 heavy (non-hydrogen) atoms. The summed E-state index contributed by atoms with van der Waals surface area (Å²) in [5.74, 6) is 0.973. The second-order valence-corrected chi connectivity index (χ2v) is 4.59. The first-order chi connectivity index (χ1) is 8.24. The number of benzene rings is 1. The summed E-state index contributed by atoms with van der Waals surface area (Å²) in [4.78, 5) is 2.50. The predicted molar refractivity (Wildman–Crippen MR) is 71.1 cm³/mol. The molecule has 0 spiro atoms. The summed E-state index contributed by atoms with van der Waals surface area (Å²) < 4.78 is 5.66. The van der Waals surface area contributed by atoms with Crippen LogP contribution in [0, 0.1) is 0 Å². The topological polar surface area (TPSA) is 38.5 Å². The minimum atomic E-state index is 0.701. The van der Waals surface area contributed by atoms with E-state index in [1.54, 1.807) is 0 Å². The number of nitrogens with zero attached hydrogens (tertiary/aromatic N) is 1. The minimum absolute atomic E-state index is 0.701. The molecule has 0 radical (unpaired) electrons. The van der Waals surface area contributed by atoms with Gasteiger partial charge >= 0.3 is 0 Å². The van der Waals surface area contributed by atoms with E-state index >= 15 is 0 Å². The summed E-state index contributed by atoms with van der Waals surface area (Å²) in [5.41, 5.74) is 7.88. The van der Waals surface area contributed by atoms with Gasteiger partial charge in [-0.3, -0.25) is 4.90 Å². The molecule has 0 aliphatic heterocycles. The number of anilines is 1. The van der Waals surface area contributed by atoms with Crippen LogP contribution in [-0.4, -0.2) is 24.1 Å². The fourth-order valence-electron chi connectivity index (χ4n) is 2.18. The maximum Gasteiger partial charge on any atom is 0.123 e. The number of ether oxygens (including phenoxy) is 1. The Bertz CT molecular complexity index is 374. The lowest BCUT2D eigenvalue weighted by atomic mass is 10.1. The highest BCUT2D eigenvalue weighted by molar-refractivity contribution is 5.47. The third kappa shape index (κ3) is 3.13. The Kier molecular flexibility index (Phi) is 3.89. The van der Waals surface area contributed by atoms with Crippen molar-refractivity contribution in [3.63, 3.8) is 0 Å². The van der Waals surface area contributed by atoms with Gasteiger partial charge in [0.2, 0.25) is 0 Å². The van der Waals surface area contributed by atoms with Gasteiger partial charge in [-0.2, -0.15) is 0 Å². The zero-order chi connectivity index (χ0) is 12.3. The molecule has 94 valence electrons. The summed E-state index contributed by atoms with van der Waals surface area (Å²) in [6, 6.07) is 6.70. The van der Waals surface area contributed by atoms with Crippen LogP contribution >= 0.6 is 0 Å². The minimum Gasteiger partial charge on any atom is -0.494 e. The number of hydrogen-bond acceptors (Lipinski definition) is 3. The molecule has 0 amide bonds. The molecule has 0 unspecified atom stereocenters. The van der Waals surface area contributed by atoms with Crippen molar-refractivity contribution < 1.29 is 4.74 Å². The van der Waals surface area contributed by atoms with Gasteiger partial charge in [-0.15, -0.1) is 0 Å². The number of nitrogens with two attached hydrogens (primary N) is 1. The van der Waals surface area contributed by atoms with Crippen molar-refractivity contribution >= 4 is 5.69 Å². The predicted octanol–water partition coefficient (Wildman–Crippen LogP) is 2.65. The van der Waals surface area contributed by atoms with E-state index in [0.717, 1.165) is 30.6 Å². The summed E-state index contributed by atoms with van der Waals surface area (Å²) in [5, 5.41) is 0. The summed E-state index contributed by atoms with van der Waals surface area (Å²) in [7, 11) is 0. The molecule has 1 aromatic rings. The van der Waals surface area contributed by atoms with E-state index in [9.17, 15) is 0 Å². The first-order valence-corrected chi connectivity index (χ1v) is 6.49. The van der Waals surface area contributed by atoms with Gasteiger partial charge in [0.1, 0.15) is 5.75 Å². The molecular formula is C14H22N2O. The van der Waals surface area contributed by atoms with Crippen molar-refractivity contribution in [1.29, 1.82) is 0 Å². The Morgan fingerprint density at radius 2 is 2.12 bits per heavy atom. The monoisotopic (exact) mass is 234 g/mol. The van der Waals surface area contributed by atoms with Crippen LogP contribution < -0.4 is 10.5 Å². The Morgan fingerprint density at radius 3 is 2.71 bits per heavy atom. The zero-order valence-corrected chi connectivity index (χ0v) is 10.8. The van der Waals surface area contributed by atoms with Crippen LogP contribution in [0.2, 0.25) is 0 Å². The Morgan fingerprint density at radius 1 is 1.35 bits per heavy atom. The average molecular weight is 234 g/mol. The first kappa shape index (κ1) is 12.2. The van der Waals surface area contributed by atoms with Gasteiger partial charge in [0.05, 0.1) is 6.61 Å². The molecule has 3 heteroatoms. The van der Waals surface area contributed by atoms with Crippen molar-refractivity contribution in [2.75, 3.05) is 18.9 Å². The Balaban J connectivity index is 2.13. The van der Waals surface area contributed by atoms with Gasteiger partial charge in [-0.1, -0.05) is 6.92 Å². The second kappa shape index (κ2) is 5.41. The van der Waals surface area contributed by atoms with Crippen LogP contribution in [0.4, 0.5) is 5.69 Å². The summed E-state index contributed by atoms with van der Waals surface area (Å²) in [6.07, 6.45) is 2.67.